The molecule has 1 N–H and O–H groups in total. The summed E-state index contributed by atoms with van der Waals surface area (Å²) in [5.41, 5.74) is 0.598. The van der Waals surface area contributed by atoms with Gasteiger partial charge in [0.05, 0.1) is 21.1 Å². The number of hydrogen-bond donors (Lipinski definition) is 1. The fourth-order valence-electron chi connectivity index (χ4n) is 3.37. The van der Waals surface area contributed by atoms with Gasteiger partial charge in [-0.25, -0.2) is 8.42 Å². The number of nitro groups is 1. The number of sulfonamides is 1. The van der Waals surface area contributed by atoms with Crippen LogP contribution in [-0.4, -0.2) is 43.2 Å². The number of piperidine rings is 1. The minimum absolute atomic E-state index is 0.0846. The molecule has 1 fully saturated rings. The molecule has 166 valence electrons. The zero-order valence-corrected chi connectivity index (χ0v) is 18.2. The van der Waals surface area contributed by atoms with Crippen LogP contribution in [0.15, 0.2) is 47.4 Å². The number of carbonyl (C=O) groups excluding carboxylic acids is 1. The summed E-state index contributed by atoms with van der Waals surface area (Å²) in [6, 6.07) is 10.4. The lowest BCUT2D eigenvalue weighted by Gasteiger charge is -2.29. The lowest BCUT2D eigenvalue weighted by molar-refractivity contribution is -0.385. The molecule has 1 amide bonds. The molecule has 1 heterocycles. The zero-order valence-electron chi connectivity index (χ0n) is 17.4. The fraction of sp³-hybridized carbons (Fsp3) is 0.381. The van der Waals surface area contributed by atoms with Gasteiger partial charge in [-0.2, -0.15) is 4.31 Å². The molecule has 2 aromatic rings. The molecule has 1 saturated heterocycles. The second-order valence-corrected chi connectivity index (χ2v) is 9.54. The number of nitro benzene ring substituents is 1. The van der Waals surface area contributed by atoms with Crippen molar-refractivity contribution < 1.29 is 22.9 Å². The Balaban J connectivity index is 1.59. The van der Waals surface area contributed by atoms with Crippen molar-refractivity contribution in [2.24, 2.45) is 5.92 Å². The molecular weight excluding hydrogens is 422 g/mol. The van der Waals surface area contributed by atoms with E-state index in [2.05, 4.69) is 12.2 Å². The molecule has 0 aliphatic carbocycles. The molecule has 1 aliphatic rings. The summed E-state index contributed by atoms with van der Waals surface area (Å²) in [5, 5.41) is 13.6. The van der Waals surface area contributed by atoms with Crippen molar-refractivity contribution in [1.82, 2.24) is 4.31 Å². The van der Waals surface area contributed by atoms with Gasteiger partial charge in [0.1, 0.15) is 5.75 Å². The van der Waals surface area contributed by atoms with Crippen molar-refractivity contribution >= 4 is 27.3 Å². The quantitative estimate of drug-likeness (QED) is 0.514. The largest absolute Gasteiger partial charge is 0.484 e. The molecule has 9 nitrogen and oxygen atoms in total. The zero-order chi connectivity index (χ0) is 22.6. The van der Waals surface area contributed by atoms with Crippen molar-refractivity contribution in [3.8, 4) is 5.75 Å². The highest BCUT2D eigenvalue weighted by molar-refractivity contribution is 7.89. The molecule has 10 heteroatoms. The monoisotopic (exact) mass is 447 g/mol. The minimum Gasteiger partial charge on any atom is -0.484 e. The van der Waals surface area contributed by atoms with Gasteiger partial charge < -0.3 is 10.1 Å². The molecule has 0 radical (unpaired) electrons. The molecule has 31 heavy (non-hydrogen) atoms. The number of carbonyl (C=O) groups is 1. The number of benzene rings is 2. The second-order valence-electron chi connectivity index (χ2n) is 7.60. The van der Waals surface area contributed by atoms with E-state index in [1.54, 1.807) is 13.0 Å². The van der Waals surface area contributed by atoms with Crippen LogP contribution in [0.4, 0.5) is 11.4 Å². The Morgan fingerprint density at radius 3 is 2.45 bits per heavy atom. The van der Waals surface area contributed by atoms with E-state index in [4.69, 9.17) is 4.74 Å². The number of amides is 1. The summed E-state index contributed by atoms with van der Waals surface area (Å²) in [6.07, 6.45) is 1.69. The lowest BCUT2D eigenvalue weighted by atomic mass is 10.0. The summed E-state index contributed by atoms with van der Waals surface area (Å²) in [4.78, 5) is 22.8. The van der Waals surface area contributed by atoms with E-state index in [0.29, 0.717) is 36.0 Å². The third-order valence-corrected chi connectivity index (χ3v) is 7.26. The van der Waals surface area contributed by atoms with Crippen molar-refractivity contribution in [1.29, 1.82) is 0 Å². The average Bonchev–Trinajstić information content (AvgIpc) is 2.74. The first-order valence-electron chi connectivity index (χ1n) is 9.95. The molecule has 0 unspecified atom stereocenters. The summed E-state index contributed by atoms with van der Waals surface area (Å²) in [5.74, 6) is 0.388. The molecule has 0 bridgehead atoms. The van der Waals surface area contributed by atoms with E-state index >= 15 is 0 Å². The van der Waals surface area contributed by atoms with Crippen molar-refractivity contribution in [2.45, 2.75) is 31.6 Å². The molecular formula is C21H25N3O6S. The van der Waals surface area contributed by atoms with E-state index < -0.39 is 20.9 Å². The molecule has 0 atom stereocenters. The lowest BCUT2D eigenvalue weighted by Crippen LogP contribution is -2.37. The maximum atomic E-state index is 12.8. The van der Waals surface area contributed by atoms with Crippen LogP contribution in [0.25, 0.3) is 0 Å². The first-order chi connectivity index (χ1) is 14.7. The highest BCUT2D eigenvalue weighted by atomic mass is 32.2. The van der Waals surface area contributed by atoms with Gasteiger partial charge in [0.25, 0.3) is 11.6 Å². The molecule has 1 aliphatic heterocycles. The molecule has 2 aromatic carbocycles. The van der Waals surface area contributed by atoms with Gasteiger partial charge in [-0.3, -0.25) is 14.9 Å². The second kappa shape index (κ2) is 9.44. The summed E-state index contributed by atoms with van der Waals surface area (Å²) >= 11 is 0. The number of nitrogens with one attached hydrogen (secondary N) is 1. The topological polar surface area (TPSA) is 119 Å². The van der Waals surface area contributed by atoms with E-state index in [-0.39, 0.29) is 17.2 Å². The SMILES string of the molecule is Cc1c(NC(=O)COc2ccc(S(=O)(=O)N3CCC(C)CC3)cc2)cccc1[N+](=O)[O-]. The number of anilines is 1. The Labute approximate surface area is 181 Å². The Morgan fingerprint density at radius 1 is 1.19 bits per heavy atom. The first-order valence-corrected chi connectivity index (χ1v) is 11.4. The molecule has 0 saturated carbocycles. The van der Waals surface area contributed by atoms with Gasteiger partial charge in [0.2, 0.25) is 10.0 Å². The first kappa shape index (κ1) is 22.7. The van der Waals surface area contributed by atoms with E-state index in [1.807, 2.05) is 0 Å². The molecule has 0 aromatic heterocycles. The van der Waals surface area contributed by atoms with Crippen LogP contribution in [0.1, 0.15) is 25.3 Å². The third-order valence-electron chi connectivity index (χ3n) is 5.35. The Kier molecular flexibility index (Phi) is 6.91. The van der Waals surface area contributed by atoms with Gasteiger partial charge in [0.15, 0.2) is 6.61 Å². The number of hydrogen-bond acceptors (Lipinski definition) is 6. The van der Waals surface area contributed by atoms with Crippen LogP contribution in [0.2, 0.25) is 0 Å². The summed E-state index contributed by atoms with van der Waals surface area (Å²) in [6.45, 7) is 4.37. The summed E-state index contributed by atoms with van der Waals surface area (Å²) in [7, 11) is -3.55. The standard InChI is InChI=1S/C21H25N3O6S/c1-15-10-12-23(13-11-15)31(28,29)18-8-6-17(7-9-18)30-14-21(25)22-19-4-3-5-20(16(19)2)24(26)27/h3-9,15H,10-14H2,1-2H3,(H,22,25). The maximum Gasteiger partial charge on any atom is 0.274 e. The van der Waals surface area contributed by atoms with Gasteiger partial charge in [-0.15, -0.1) is 0 Å². The van der Waals surface area contributed by atoms with E-state index in [0.717, 1.165) is 12.8 Å². The third kappa shape index (κ3) is 5.39. The maximum absolute atomic E-state index is 12.8. The molecule has 3 rings (SSSR count). The van der Waals surface area contributed by atoms with Crippen molar-refractivity contribution in [3.05, 3.63) is 58.1 Å². The Bertz CT molecular complexity index is 1060. The van der Waals surface area contributed by atoms with E-state index in [9.17, 15) is 23.3 Å². The fourth-order valence-corrected chi connectivity index (χ4v) is 4.84. The van der Waals surface area contributed by atoms with Crippen LogP contribution in [0.3, 0.4) is 0 Å². The highest BCUT2D eigenvalue weighted by Crippen LogP contribution is 2.26. The highest BCUT2D eigenvalue weighted by Gasteiger charge is 2.28. The van der Waals surface area contributed by atoms with Gasteiger partial charge >= 0.3 is 0 Å². The predicted molar refractivity (Wildman–Crippen MR) is 116 cm³/mol. The minimum atomic E-state index is -3.55. The van der Waals surface area contributed by atoms with Crippen LogP contribution < -0.4 is 10.1 Å². The number of ether oxygens (including phenoxy) is 1. The number of nitrogens with zero attached hydrogens (tertiary/aromatic N) is 2. The van der Waals surface area contributed by atoms with Gasteiger partial charge in [-0.05, 0) is 56.0 Å². The van der Waals surface area contributed by atoms with Crippen LogP contribution in [0, 0.1) is 23.0 Å². The van der Waals surface area contributed by atoms with Crippen molar-refractivity contribution in [2.75, 3.05) is 25.0 Å². The number of rotatable bonds is 7. The Morgan fingerprint density at radius 2 is 1.84 bits per heavy atom. The molecule has 0 spiro atoms. The van der Waals surface area contributed by atoms with Crippen LogP contribution in [0.5, 0.6) is 5.75 Å². The smallest absolute Gasteiger partial charge is 0.274 e. The van der Waals surface area contributed by atoms with Gasteiger partial charge in [-0.1, -0.05) is 13.0 Å². The van der Waals surface area contributed by atoms with Crippen molar-refractivity contribution in [3.63, 3.8) is 0 Å². The average molecular weight is 448 g/mol. The van der Waals surface area contributed by atoms with Crippen LogP contribution in [-0.2, 0) is 14.8 Å². The predicted octanol–water partition coefficient (Wildman–Crippen LogP) is 3.34. The van der Waals surface area contributed by atoms with E-state index in [1.165, 1.54) is 40.7 Å². The van der Waals surface area contributed by atoms with Crippen LogP contribution >= 0.6 is 0 Å². The Hall–Kier alpha value is -2.98. The normalized spacial score (nSPS) is 15.4. The van der Waals surface area contributed by atoms with Gasteiger partial charge in [0, 0.05) is 19.2 Å². The summed E-state index contributed by atoms with van der Waals surface area (Å²) < 4.78 is 32.4.